The minimum Gasteiger partial charge on any atom is -0.467 e. The maximum Gasteiger partial charge on any atom is 0.270 e. The zero-order chi connectivity index (χ0) is 22.7. The van der Waals surface area contributed by atoms with Gasteiger partial charge in [0.05, 0.1) is 16.6 Å². The van der Waals surface area contributed by atoms with Gasteiger partial charge < -0.3 is 9.47 Å². The largest absolute Gasteiger partial charge is 0.467 e. The fourth-order valence-electron chi connectivity index (χ4n) is 4.06. The third-order valence-electron chi connectivity index (χ3n) is 5.83. The van der Waals surface area contributed by atoms with Crippen molar-refractivity contribution in [2.45, 2.75) is 60.4 Å². The van der Waals surface area contributed by atoms with Gasteiger partial charge in [0.15, 0.2) is 6.79 Å². The van der Waals surface area contributed by atoms with Gasteiger partial charge in [-0.2, -0.15) is 4.31 Å². The van der Waals surface area contributed by atoms with Crippen LogP contribution >= 0.6 is 11.8 Å². The van der Waals surface area contributed by atoms with E-state index < -0.39 is 14.9 Å². The molecule has 1 aliphatic carbocycles. The Morgan fingerprint density at radius 3 is 2.72 bits per heavy atom. The molecule has 4 rings (SSSR count). The maximum absolute atomic E-state index is 13.0. The smallest absolute Gasteiger partial charge is 0.270 e. The SMILES string of the molecule is CN(C1CCCCC1)S(=O)(=O)c1ccc(SCc2cc([N+](=O)[O-])cc3c2OCOC3)nc1. The van der Waals surface area contributed by atoms with E-state index in [4.69, 9.17) is 9.47 Å². The lowest BCUT2D eigenvalue weighted by Crippen LogP contribution is -2.38. The molecule has 2 heterocycles. The zero-order valence-corrected chi connectivity index (χ0v) is 19.4. The van der Waals surface area contributed by atoms with E-state index >= 15 is 0 Å². The second kappa shape index (κ2) is 9.74. The summed E-state index contributed by atoms with van der Waals surface area (Å²) >= 11 is 1.36. The first kappa shape index (κ1) is 23.0. The molecule has 0 saturated heterocycles. The van der Waals surface area contributed by atoms with E-state index in [1.807, 2.05) is 0 Å². The number of ether oxygens (including phenoxy) is 2. The highest BCUT2D eigenvalue weighted by atomic mass is 32.2. The molecule has 0 amide bonds. The first-order valence-electron chi connectivity index (χ1n) is 10.4. The number of hydrogen-bond acceptors (Lipinski definition) is 8. The first-order chi connectivity index (χ1) is 15.4. The molecule has 1 aromatic heterocycles. The molecule has 1 saturated carbocycles. The predicted molar refractivity (Wildman–Crippen MR) is 119 cm³/mol. The van der Waals surface area contributed by atoms with Crippen molar-refractivity contribution in [1.82, 2.24) is 9.29 Å². The van der Waals surface area contributed by atoms with Gasteiger partial charge in [0.1, 0.15) is 10.6 Å². The molecule has 0 bridgehead atoms. The van der Waals surface area contributed by atoms with Crippen LogP contribution in [0.4, 0.5) is 5.69 Å². The van der Waals surface area contributed by atoms with E-state index in [9.17, 15) is 18.5 Å². The Morgan fingerprint density at radius 2 is 2.03 bits per heavy atom. The van der Waals surface area contributed by atoms with Crippen LogP contribution < -0.4 is 4.74 Å². The normalized spacial score (nSPS) is 17.1. The van der Waals surface area contributed by atoms with Crippen LogP contribution in [0.15, 0.2) is 40.4 Å². The summed E-state index contributed by atoms with van der Waals surface area (Å²) in [5, 5.41) is 11.9. The number of pyridine rings is 1. The average Bonchev–Trinajstić information content (AvgIpc) is 2.82. The third-order valence-corrected chi connectivity index (χ3v) is 8.72. The summed E-state index contributed by atoms with van der Waals surface area (Å²) in [6, 6.07) is 6.22. The topological polar surface area (TPSA) is 112 Å². The number of non-ortho nitro benzene ring substituents is 1. The highest BCUT2D eigenvalue weighted by molar-refractivity contribution is 7.98. The van der Waals surface area contributed by atoms with E-state index in [1.165, 1.54) is 34.4 Å². The van der Waals surface area contributed by atoms with Crippen molar-refractivity contribution < 1.29 is 22.8 Å². The molecular formula is C21H25N3O6S2. The fourth-order valence-corrected chi connectivity index (χ4v) is 6.23. The molecule has 0 atom stereocenters. The molecule has 1 fully saturated rings. The van der Waals surface area contributed by atoms with Gasteiger partial charge in [0, 0.05) is 48.3 Å². The van der Waals surface area contributed by atoms with Gasteiger partial charge >= 0.3 is 0 Å². The van der Waals surface area contributed by atoms with Crippen molar-refractivity contribution in [1.29, 1.82) is 0 Å². The summed E-state index contributed by atoms with van der Waals surface area (Å²) in [4.78, 5) is 15.3. The van der Waals surface area contributed by atoms with Crippen LogP contribution in [0.5, 0.6) is 5.75 Å². The minimum atomic E-state index is -3.60. The van der Waals surface area contributed by atoms with E-state index in [2.05, 4.69) is 4.98 Å². The summed E-state index contributed by atoms with van der Waals surface area (Å²) in [6.45, 7) is 0.357. The number of aromatic nitrogens is 1. The molecule has 172 valence electrons. The quantitative estimate of drug-likeness (QED) is 0.331. The Bertz CT molecular complexity index is 1090. The molecule has 0 N–H and O–H groups in total. The van der Waals surface area contributed by atoms with Crippen LogP contribution in [0, 0.1) is 10.1 Å². The summed E-state index contributed by atoms with van der Waals surface area (Å²) < 4.78 is 38.2. The van der Waals surface area contributed by atoms with E-state index in [1.54, 1.807) is 19.2 Å². The van der Waals surface area contributed by atoms with Crippen molar-refractivity contribution in [2.75, 3.05) is 13.8 Å². The summed E-state index contributed by atoms with van der Waals surface area (Å²) in [7, 11) is -1.95. The molecule has 2 aromatic rings. The Kier molecular flexibility index (Phi) is 6.99. The van der Waals surface area contributed by atoms with Gasteiger partial charge in [-0.1, -0.05) is 19.3 Å². The number of sulfonamides is 1. The van der Waals surface area contributed by atoms with Crippen LogP contribution in [0.2, 0.25) is 0 Å². The first-order valence-corrected chi connectivity index (χ1v) is 12.9. The number of thioether (sulfide) groups is 1. The minimum absolute atomic E-state index is 0.0198. The zero-order valence-electron chi connectivity index (χ0n) is 17.7. The van der Waals surface area contributed by atoms with Gasteiger partial charge in [-0.15, -0.1) is 11.8 Å². The van der Waals surface area contributed by atoms with Crippen molar-refractivity contribution in [3.05, 3.63) is 51.7 Å². The Balaban J connectivity index is 1.48. The number of nitrogens with zero attached hydrogens (tertiary/aromatic N) is 3. The lowest BCUT2D eigenvalue weighted by atomic mass is 9.96. The Hall–Kier alpha value is -2.21. The van der Waals surface area contributed by atoms with Gasteiger partial charge in [0.25, 0.3) is 5.69 Å². The summed E-state index contributed by atoms with van der Waals surface area (Å²) in [5.74, 6) is 0.994. The number of nitro benzene ring substituents is 1. The molecule has 9 nitrogen and oxygen atoms in total. The van der Waals surface area contributed by atoms with Crippen molar-refractivity contribution in [2.24, 2.45) is 0 Å². The van der Waals surface area contributed by atoms with Crippen molar-refractivity contribution >= 4 is 27.5 Å². The van der Waals surface area contributed by atoms with Gasteiger partial charge in [-0.3, -0.25) is 10.1 Å². The fraction of sp³-hybridized carbons (Fsp3) is 0.476. The van der Waals surface area contributed by atoms with Crippen LogP contribution in [0.25, 0.3) is 0 Å². The number of hydrogen-bond donors (Lipinski definition) is 0. The van der Waals surface area contributed by atoms with Gasteiger partial charge in [0.2, 0.25) is 10.0 Å². The molecule has 0 radical (unpaired) electrons. The molecule has 11 heteroatoms. The standard InChI is InChI=1S/C21H25N3O6S2/c1-23(17-5-3-2-4-6-17)32(27,28)19-7-8-20(22-11-19)31-13-16-10-18(24(25)26)9-15-12-29-14-30-21(15)16/h7-11,17H,2-6,12-14H2,1H3. The number of fused-ring (bicyclic) bond motifs is 1. The van der Waals surface area contributed by atoms with Gasteiger partial charge in [-0.05, 0) is 25.0 Å². The average molecular weight is 480 g/mol. The molecule has 0 spiro atoms. The van der Waals surface area contributed by atoms with Crippen LogP contribution in [-0.4, -0.2) is 42.5 Å². The van der Waals surface area contributed by atoms with Crippen molar-refractivity contribution in [3.63, 3.8) is 0 Å². The second-order valence-corrected chi connectivity index (χ2v) is 10.9. The molecule has 2 aliphatic rings. The number of nitro groups is 1. The van der Waals surface area contributed by atoms with E-state index in [-0.39, 0.29) is 30.0 Å². The third kappa shape index (κ3) is 4.90. The van der Waals surface area contributed by atoms with Crippen LogP contribution in [0.3, 0.4) is 0 Å². The predicted octanol–water partition coefficient (Wildman–Crippen LogP) is 4.10. The lowest BCUT2D eigenvalue weighted by molar-refractivity contribution is -0.385. The molecule has 1 aromatic carbocycles. The Morgan fingerprint density at radius 1 is 1.25 bits per heavy atom. The second-order valence-electron chi connectivity index (χ2n) is 7.89. The summed E-state index contributed by atoms with van der Waals surface area (Å²) in [6.07, 6.45) is 6.41. The summed E-state index contributed by atoms with van der Waals surface area (Å²) in [5.41, 5.74) is 1.30. The van der Waals surface area contributed by atoms with Crippen LogP contribution in [0.1, 0.15) is 43.2 Å². The van der Waals surface area contributed by atoms with E-state index in [0.717, 1.165) is 32.1 Å². The molecule has 1 aliphatic heterocycles. The maximum atomic E-state index is 13.0. The Labute approximate surface area is 191 Å². The molecule has 32 heavy (non-hydrogen) atoms. The molecule has 0 unspecified atom stereocenters. The van der Waals surface area contributed by atoms with E-state index in [0.29, 0.717) is 27.7 Å². The van der Waals surface area contributed by atoms with Crippen molar-refractivity contribution in [3.8, 4) is 5.75 Å². The van der Waals surface area contributed by atoms with Gasteiger partial charge in [-0.25, -0.2) is 13.4 Å². The number of rotatable bonds is 7. The lowest BCUT2D eigenvalue weighted by Gasteiger charge is -2.30. The monoisotopic (exact) mass is 479 g/mol. The van der Waals surface area contributed by atoms with Crippen LogP contribution in [-0.2, 0) is 27.1 Å². The molecular weight excluding hydrogens is 454 g/mol. The highest BCUT2D eigenvalue weighted by Gasteiger charge is 2.29. The number of benzene rings is 1. The highest BCUT2D eigenvalue weighted by Crippen LogP contribution is 2.36.